The zero-order valence-corrected chi connectivity index (χ0v) is 43.2. The fraction of sp³-hybridized carbons (Fsp3) is 0.861. The number of carbonyl (C=O) groups excluding carboxylic acids is 2. The Morgan fingerprint density at radius 1 is 0.778 bits per heavy atom. The molecule has 2 amide bonds. The molecule has 0 bridgehead atoms. The van der Waals surface area contributed by atoms with Crippen molar-refractivity contribution in [2.24, 2.45) is 0 Å². The van der Waals surface area contributed by atoms with Gasteiger partial charge in [0.25, 0.3) is 0 Å². The Kier molecular flexibility index (Phi) is 23.5. The molecule has 4 aliphatic rings. The second kappa shape index (κ2) is 23.3. The van der Waals surface area contributed by atoms with Gasteiger partial charge >= 0.3 is 81.8 Å². The van der Waals surface area contributed by atoms with Gasteiger partial charge in [-0.05, 0) is 140 Å². The summed E-state index contributed by atoms with van der Waals surface area (Å²) in [5, 5.41) is 8.88. The van der Waals surface area contributed by atoms with Crippen LogP contribution in [0.25, 0.3) is 0 Å². The van der Waals surface area contributed by atoms with E-state index in [2.05, 4.69) is 96.8 Å². The molecular weight excluding hydrogens is 1070 g/mol. The Morgan fingerprint density at radius 2 is 1.15 bits per heavy atom. The molecule has 0 aromatic heterocycles. The van der Waals surface area contributed by atoms with Gasteiger partial charge in [0, 0.05) is 19.1 Å². The number of amides is 2. The van der Waals surface area contributed by atoms with Gasteiger partial charge in [0.05, 0.1) is 22.4 Å². The number of hydrogen-bond acceptors (Lipinski definition) is 9. The molecule has 0 spiro atoms. The van der Waals surface area contributed by atoms with Gasteiger partial charge in [-0.3, -0.25) is 4.90 Å². The van der Waals surface area contributed by atoms with Crippen molar-refractivity contribution < 1.29 is 57.0 Å². The van der Waals surface area contributed by atoms with E-state index in [1.807, 2.05) is 58.3 Å². The summed E-state index contributed by atoms with van der Waals surface area (Å²) in [6.45, 7) is 32.2. The normalized spacial score (nSPS) is 23.2. The Labute approximate surface area is 370 Å². The predicted molar refractivity (Wildman–Crippen MR) is 239 cm³/mol. The van der Waals surface area contributed by atoms with Gasteiger partial charge in [-0.1, -0.05) is 28.6 Å². The molecule has 0 aromatic rings. The molecule has 2 atom stereocenters. The third-order valence-electron chi connectivity index (χ3n) is 9.67. The van der Waals surface area contributed by atoms with Gasteiger partial charge in [-0.2, -0.15) is 0 Å². The minimum absolute atomic E-state index is 0.193. The van der Waals surface area contributed by atoms with Crippen LogP contribution in [0.15, 0.2) is 12.6 Å². The van der Waals surface area contributed by atoms with Gasteiger partial charge in [-0.25, -0.2) is 14.4 Å². The maximum absolute atomic E-state index is 12.3. The number of rotatable bonds is 5. The SMILES string of the molecule is C=CB1OC(C)(C)C(C)(C)O1.CC(C)(C)OC(=O)N1CCCC1C(=O)O.CC(C)(C)OC(=O)N1CCCC1CCB1OC(C)(C)C(C)(C)O1.CI.[I][V][I]. The quantitative estimate of drug-likeness (QED) is 0.161. The molecule has 18 heteroatoms. The summed E-state index contributed by atoms with van der Waals surface area (Å²) in [7, 11) is 0.184. The Balaban J connectivity index is 0.000000781. The molecule has 12 nitrogen and oxygen atoms in total. The number of aliphatic carboxylic acids is 1. The summed E-state index contributed by atoms with van der Waals surface area (Å²) in [6, 6.07) is -0.497. The molecular formula is C36H67B2I3N2O10V. The molecule has 54 heavy (non-hydrogen) atoms. The first kappa shape index (κ1) is 54.5. The third kappa shape index (κ3) is 18.2. The van der Waals surface area contributed by atoms with Crippen molar-refractivity contribution in [3.05, 3.63) is 12.6 Å². The van der Waals surface area contributed by atoms with Crippen molar-refractivity contribution in [2.75, 3.05) is 18.0 Å². The average Bonchev–Trinajstić information content (AvgIpc) is 3.77. The number of likely N-dealkylation sites (tertiary alicyclic amines) is 2. The predicted octanol–water partition coefficient (Wildman–Crippen LogP) is 9.96. The van der Waals surface area contributed by atoms with Gasteiger partial charge in [0.2, 0.25) is 0 Å². The second-order valence-corrected chi connectivity index (χ2v) is 29.1. The van der Waals surface area contributed by atoms with E-state index in [9.17, 15) is 14.4 Å². The number of carboxylic acids is 1. The molecule has 4 rings (SSSR count). The van der Waals surface area contributed by atoms with E-state index >= 15 is 0 Å². The fourth-order valence-electron chi connectivity index (χ4n) is 5.66. The van der Waals surface area contributed by atoms with Crippen molar-refractivity contribution >= 4 is 94.9 Å². The van der Waals surface area contributed by atoms with Crippen molar-refractivity contribution in [3.63, 3.8) is 0 Å². The van der Waals surface area contributed by atoms with E-state index in [1.54, 1.807) is 26.7 Å². The molecule has 4 fully saturated rings. The minimum atomic E-state index is -0.960. The molecule has 0 radical (unpaired) electrons. The summed E-state index contributed by atoms with van der Waals surface area (Å²) in [5.74, 6) is 0.717. The van der Waals surface area contributed by atoms with Crippen LogP contribution in [0.4, 0.5) is 9.59 Å². The van der Waals surface area contributed by atoms with Crippen LogP contribution < -0.4 is 0 Å². The van der Waals surface area contributed by atoms with Crippen LogP contribution in [-0.2, 0) is 42.4 Å². The molecule has 0 saturated carbocycles. The van der Waals surface area contributed by atoms with Gasteiger partial charge < -0.3 is 38.1 Å². The monoisotopic (exact) mass is 1140 g/mol. The molecule has 0 aromatic carbocycles. The number of carboxylic acid groups (broad SMARTS) is 1. The number of hydrogen-bond donors (Lipinski definition) is 1. The van der Waals surface area contributed by atoms with Crippen LogP contribution in [-0.4, -0.2) is 111 Å². The summed E-state index contributed by atoms with van der Waals surface area (Å²) in [5.41, 5.74) is -2.08. The van der Waals surface area contributed by atoms with E-state index in [1.165, 1.54) is 4.90 Å². The van der Waals surface area contributed by atoms with Crippen LogP contribution in [0.2, 0.25) is 6.32 Å². The Morgan fingerprint density at radius 3 is 1.52 bits per heavy atom. The number of nitrogens with zero attached hydrogens (tertiary/aromatic N) is 2. The van der Waals surface area contributed by atoms with Crippen molar-refractivity contribution in [1.82, 2.24) is 9.80 Å². The summed E-state index contributed by atoms with van der Waals surface area (Å²) < 4.78 is 33.9. The van der Waals surface area contributed by atoms with Crippen LogP contribution in [0.5, 0.6) is 0 Å². The van der Waals surface area contributed by atoms with Crippen LogP contribution >= 0.6 is 62.5 Å². The summed E-state index contributed by atoms with van der Waals surface area (Å²) in [6.07, 6.45) is 4.24. The second-order valence-electron chi connectivity index (χ2n) is 17.3. The number of alkyl halides is 1. The molecule has 0 aliphatic carbocycles. The molecule has 4 saturated heterocycles. The first-order valence-corrected chi connectivity index (χ1v) is 29.6. The van der Waals surface area contributed by atoms with E-state index < -0.39 is 29.3 Å². The summed E-state index contributed by atoms with van der Waals surface area (Å²) >= 11 is 6.89. The van der Waals surface area contributed by atoms with Gasteiger partial charge in [-0.15, -0.1) is 6.58 Å². The van der Waals surface area contributed by atoms with Crippen molar-refractivity contribution in [2.45, 2.75) is 181 Å². The number of halogens is 3. The summed E-state index contributed by atoms with van der Waals surface area (Å²) in [4.78, 5) is 39.9. The molecule has 313 valence electrons. The zero-order chi connectivity index (χ0) is 42.5. The third-order valence-corrected chi connectivity index (χ3v) is 9.67. The Bertz CT molecular complexity index is 1170. The molecule has 1 N–H and O–H groups in total. The van der Waals surface area contributed by atoms with Crippen molar-refractivity contribution in [3.8, 4) is 0 Å². The van der Waals surface area contributed by atoms with E-state index in [4.69, 9.17) is 33.2 Å². The maximum atomic E-state index is 12.3. The van der Waals surface area contributed by atoms with E-state index in [-0.39, 0.29) is 48.8 Å². The molecule has 4 aliphatic heterocycles. The van der Waals surface area contributed by atoms with Crippen LogP contribution in [0.3, 0.4) is 0 Å². The van der Waals surface area contributed by atoms with Crippen LogP contribution in [0, 0.1) is 0 Å². The first-order chi connectivity index (χ1) is 24.5. The molecule has 4 heterocycles. The average molecular weight is 1140 g/mol. The topological polar surface area (TPSA) is 133 Å². The molecule has 2 unspecified atom stereocenters. The number of ether oxygens (including phenoxy) is 2. The Hall–Kier alpha value is 0.494. The van der Waals surface area contributed by atoms with E-state index in [0.29, 0.717) is 22.4 Å². The standard InChI is InChI=1S/C17H32BNO4.C10H17NO4.C8H15BO2.CH3I.2HI.V/c1-15(2,3)21-14(20)19-12-8-9-13(19)10-11-18-22-16(4,5)17(6,7)23-18;1-10(2,3)15-9(14)11-6-4-5-7(11)8(12)13;1-6-9-10-7(2,3)8(4,5)11-9;1-2;;;/h13H,8-12H2,1-7H3;7H,4-6H2,1-3H3,(H,12,13);6H,1H2,2-5H3;1H3;2*1H;/q;;;;;;+2/p-2. The zero-order valence-electron chi connectivity index (χ0n) is 35.3. The van der Waals surface area contributed by atoms with Crippen LogP contribution in [0.1, 0.15) is 129 Å². The van der Waals surface area contributed by atoms with Gasteiger partial charge in [0.15, 0.2) is 0 Å². The van der Waals surface area contributed by atoms with E-state index in [0.717, 1.165) is 38.5 Å². The number of carbonyl (C=O) groups is 3. The first-order valence-electron chi connectivity index (χ1n) is 18.4. The fourth-order valence-corrected chi connectivity index (χ4v) is 5.66. The van der Waals surface area contributed by atoms with Gasteiger partial charge in [0.1, 0.15) is 17.2 Å². The van der Waals surface area contributed by atoms with Crippen molar-refractivity contribution in [1.29, 1.82) is 0 Å².